The minimum absolute atomic E-state index is 0.0762. The first-order valence-electron chi connectivity index (χ1n) is 9.51. The van der Waals surface area contributed by atoms with Crippen LogP contribution in [-0.2, 0) is 13.0 Å². The molecule has 0 aliphatic heterocycles. The predicted octanol–water partition coefficient (Wildman–Crippen LogP) is 3.59. The summed E-state index contributed by atoms with van der Waals surface area (Å²) < 4.78 is 40.9. The van der Waals surface area contributed by atoms with Gasteiger partial charge in [0.25, 0.3) is 0 Å². The molecule has 0 radical (unpaired) electrons. The number of aromatic nitrogens is 1. The van der Waals surface area contributed by atoms with E-state index in [0.717, 1.165) is 29.9 Å². The number of alkyl halides is 2. The molecular weight excluding hydrogens is 382 g/mol. The SMILES string of the molecule is CCCOc1ccc(CNC(=NC)NCCc2c(C)noc2C)c(OC(F)F)c1. The zero-order valence-electron chi connectivity index (χ0n) is 17.2. The number of halogens is 2. The summed E-state index contributed by atoms with van der Waals surface area (Å²) in [6.45, 7) is 4.22. The molecule has 0 atom stereocenters. The molecule has 0 amide bonds. The van der Waals surface area contributed by atoms with Crippen molar-refractivity contribution in [1.82, 2.24) is 15.8 Å². The first-order chi connectivity index (χ1) is 13.9. The number of aliphatic imine (C=N–C) groups is 1. The van der Waals surface area contributed by atoms with Gasteiger partial charge in [-0.3, -0.25) is 4.99 Å². The summed E-state index contributed by atoms with van der Waals surface area (Å²) >= 11 is 0. The van der Waals surface area contributed by atoms with Gasteiger partial charge in [-0.05, 0) is 38.8 Å². The summed E-state index contributed by atoms with van der Waals surface area (Å²) in [5.74, 6) is 1.91. The molecule has 9 heteroatoms. The van der Waals surface area contributed by atoms with Gasteiger partial charge in [0.05, 0.1) is 12.3 Å². The molecule has 0 fully saturated rings. The molecule has 1 aromatic heterocycles. The largest absolute Gasteiger partial charge is 0.493 e. The summed E-state index contributed by atoms with van der Waals surface area (Å²) in [5, 5.41) is 10.2. The van der Waals surface area contributed by atoms with Crippen molar-refractivity contribution in [3.05, 3.63) is 40.8 Å². The highest BCUT2D eigenvalue weighted by Crippen LogP contribution is 2.26. The maximum absolute atomic E-state index is 12.8. The normalized spacial score (nSPS) is 11.6. The van der Waals surface area contributed by atoms with E-state index in [1.54, 1.807) is 19.2 Å². The van der Waals surface area contributed by atoms with Crippen molar-refractivity contribution >= 4 is 5.96 Å². The Bertz CT molecular complexity index is 790. The predicted molar refractivity (Wildman–Crippen MR) is 107 cm³/mol. The maximum atomic E-state index is 12.8. The average Bonchev–Trinajstić information content (AvgIpc) is 3.01. The first kappa shape index (κ1) is 22.4. The van der Waals surface area contributed by atoms with Gasteiger partial charge in [0.15, 0.2) is 5.96 Å². The number of nitrogens with one attached hydrogen (secondary N) is 2. The van der Waals surface area contributed by atoms with E-state index in [1.165, 1.54) is 6.07 Å². The number of hydrogen-bond donors (Lipinski definition) is 2. The van der Waals surface area contributed by atoms with Crippen LogP contribution in [0.5, 0.6) is 11.5 Å². The molecule has 1 aromatic carbocycles. The van der Waals surface area contributed by atoms with Gasteiger partial charge < -0.3 is 24.6 Å². The Morgan fingerprint density at radius 1 is 1.28 bits per heavy atom. The molecule has 160 valence electrons. The van der Waals surface area contributed by atoms with E-state index in [-0.39, 0.29) is 12.3 Å². The van der Waals surface area contributed by atoms with Gasteiger partial charge in [-0.2, -0.15) is 8.78 Å². The van der Waals surface area contributed by atoms with Gasteiger partial charge in [0, 0.05) is 37.3 Å². The minimum atomic E-state index is -2.91. The van der Waals surface area contributed by atoms with Crippen molar-refractivity contribution in [3.63, 3.8) is 0 Å². The van der Waals surface area contributed by atoms with Gasteiger partial charge in [-0.1, -0.05) is 12.1 Å². The van der Waals surface area contributed by atoms with Crippen LogP contribution in [0.2, 0.25) is 0 Å². The summed E-state index contributed by atoms with van der Waals surface area (Å²) in [6.07, 6.45) is 1.55. The van der Waals surface area contributed by atoms with Gasteiger partial charge in [-0.15, -0.1) is 0 Å². The lowest BCUT2D eigenvalue weighted by molar-refractivity contribution is -0.0505. The third-order valence-corrected chi connectivity index (χ3v) is 4.25. The molecule has 0 aliphatic carbocycles. The molecule has 2 N–H and O–H groups in total. The highest BCUT2D eigenvalue weighted by Gasteiger charge is 2.13. The van der Waals surface area contributed by atoms with E-state index < -0.39 is 6.61 Å². The van der Waals surface area contributed by atoms with E-state index >= 15 is 0 Å². The van der Waals surface area contributed by atoms with Crippen molar-refractivity contribution in [2.24, 2.45) is 4.99 Å². The van der Waals surface area contributed by atoms with Crippen molar-refractivity contribution in [1.29, 1.82) is 0 Å². The van der Waals surface area contributed by atoms with Gasteiger partial charge in [0.1, 0.15) is 17.3 Å². The Labute approximate surface area is 169 Å². The number of nitrogens with zero attached hydrogens (tertiary/aromatic N) is 2. The quantitative estimate of drug-likeness (QED) is 0.460. The highest BCUT2D eigenvalue weighted by molar-refractivity contribution is 5.79. The second kappa shape index (κ2) is 11.2. The number of hydrogen-bond acceptors (Lipinski definition) is 5. The fraction of sp³-hybridized carbons (Fsp3) is 0.500. The third-order valence-electron chi connectivity index (χ3n) is 4.25. The lowest BCUT2D eigenvalue weighted by atomic mass is 10.1. The minimum Gasteiger partial charge on any atom is -0.493 e. The summed E-state index contributed by atoms with van der Waals surface area (Å²) in [4.78, 5) is 4.16. The molecule has 0 unspecified atom stereocenters. The van der Waals surface area contributed by atoms with Crippen molar-refractivity contribution in [3.8, 4) is 11.5 Å². The molecule has 0 saturated carbocycles. The van der Waals surface area contributed by atoms with Crippen LogP contribution in [0.3, 0.4) is 0 Å². The lowest BCUT2D eigenvalue weighted by Crippen LogP contribution is -2.38. The summed E-state index contributed by atoms with van der Waals surface area (Å²) in [7, 11) is 1.64. The Morgan fingerprint density at radius 3 is 2.69 bits per heavy atom. The van der Waals surface area contributed by atoms with Crippen LogP contribution >= 0.6 is 0 Å². The smallest absolute Gasteiger partial charge is 0.387 e. The van der Waals surface area contributed by atoms with Crippen molar-refractivity contribution in [2.75, 3.05) is 20.2 Å². The summed E-state index contributed by atoms with van der Waals surface area (Å²) in [5.41, 5.74) is 2.50. The molecular formula is C20H28F2N4O3. The van der Waals surface area contributed by atoms with Crippen LogP contribution in [0, 0.1) is 13.8 Å². The molecule has 0 spiro atoms. The number of ether oxygens (including phenoxy) is 2. The molecule has 7 nitrogen and oxygen atoms in total. The average molecular weight is 410 g/mol. The molecule has 0 saturated heterocycles. The fourth-order valence-electron chi connectivity index (χ4n) is 2.76. The second-order valence-electron chi connectivity index (χ2n) is 6.40. The van der Waals surface area contributed by atoms with Crippen LogP contribution in [0.15, 0.2) is 27.7 Å². The Kier molecular flexibility index (Phi) is 8.69. The maximum Gasteiger partial charge on any atom is 0.387 e. The number of benzene rings is 1. The molecule has 2 rings (SSSR count). The van der Waals surface area contributed by atoms with Gasteiger partial charge in [-0.25, -0.2) is 0 Å². The van der Waals surface area contributed by atoms with Crippen LogP contribution in [0.1, 0.15) is 35.9 Å². The van der Waals surface area contributed by atoms with E-state index in [9.17, 15) is 8.78 Å². The molecule has 0 aliphatic rings. The third kappa shape index (κ3) is 6.92. The zero-order valence-corrected chi connectivity index (χ0v) is 17.2. The van der Waals surface area contributed by atoms with E-state index in [1.807, 2.05) is 20.8 Å². The Balaban J connectivity index is 1.95. The fourth-order valence-corrected chi connectivity index (χ4v) is 2.76. The van der Waals surface area contributed by atoms with Gasteiger partial charge >= 0.3 is 6.61 Å². The van der Waals surface area contributed by atoms with Crippen LogP contribution in [-0.4, -0.2) is 37.9 Å². The van der Waals surface area contributed by atoms with Crippen LogP contribution < -0.4 is 20.1 Å². The summed E-state index contributed by atoms with van der Waals surface area (Å²) in [6, 6.07) is 4.91. The second-order valence-corrected chi connectivity index (χ2v) is 6.40. The number of guanidine groups is 1. The zero-order chi connectivity index (χ0) is 21.2. The van der Waals surface area contributed by atoms with Crippen LogP contribution in [0.25, 0.3) is 0 Å². The molecule has 1 heterocycles. The van der Waals surface area contributed by atoms with Gasteiger partial charge in [0.2, 0.25) is 0 Å². The highest BCUT2D eigenvalue weighted by atomic mass is 19.3. The molecule has 2 aromatic rings. The van der Waals surface area contributed by atoms with E-state index in [4.69, 9.17) is 9.26 Å². The van der Waals surface area contributed by atoms with Crippen LogP contribution in [0.4, 0.5) is 8.78 Å². The standard InChI is InChI=1S/C20H28F2N4O3/c1-5-10-27-16-7-6-15(18(11-16)28-19(21)22)12-25-20(23-4)24-9-8-17-13(2)26-29-14(17)3/h6-7,11,19H,5,8-10,12H2,1-4H3,(H2,23,24,25). The van der Waals surface area contributed by atoms with Crippen molar-refractivity contribution in [2.45, 2.75) is 46.8 Å². The molecule has 29 heavy (non-hydrogen) atoms. The lowest BCUT2D eigenvalue weighted by Gasteiger charge is -2.16. The Morgan fingerprint density at radius 2 is 2.07 bits per heavy atom. The van der Waals surface area contributed by atoms with E-state index in [2.05, 4.69) is 25.5 Å². The number of rotatable bonds is 10. The topological polar surface area (TPSA) is 80.9 Å². The Hall–Kier alpha value is -2.84. The van der Waals surface area contributed by atoms with E-state index in [0.29, 0.717) is 30.4 Å². The first-order valence-corrected chi connectivity index (χ1v) is 9.51. The monoisotopic (exact) mass is 410 g/mol. The molecule has 0 bridgehead atoms. The van der Waals surface area contributed by atoms with Crippen molar-refractivity contribution < 1.29 is 22.8 Å². The number of aryl methyl sites for hydroxylation is 2.